The number of aryl methyl sites for hydroxylation is 2. The van der Waals surface area contributed by atoms with E-state index in [0.29, 0.717) is 17.9 Å². The highest BCUT2D eigenvalue weighted by molar-refractivity contribution is 7.89. The molecule has 1 aromatic rings. The number of sulfonamides is 1. The molecule has 1 aliphatic heterocycles. The highest BCUT2D eigenvalue weighted by Gasteiger charge is 2.21. The molecule has 19 heavy (non-hydrogen) atoms. The van der Waals surface area contributed by atoms with Crippen molar-refractivity contribution in [3.05, 3.63) is 23.0 Å². The Balaban J connectivity index is 1.97. The minimum atomic E-state index is -3.47. The zero-order chi connectivity index (χ0) is 13.9. The topological polar surface area (TPSA) is 86.9 Å². The zero-order valence-electron chi connectivity index (χ0n) is 11.3. The summed E-state index contributed by atoms with van der Waals surface area (Å²) in [6.45, 7) is 5.68. The molecule has 2 heterocycles. The summed E-state index contributed by atoms with van der Waals surface area (Å²) in [4.78, 5) is 0.270. The van der Waals surface area contributed by atoms with Crippen LogP contribution in [0, 0.1) is 13.8 Å². The zero-order valence-corrected chi connectivity index (χ0v) is 12.1. The average Bonchev–Trinajstić information content (AvgIpc) is 2.70. The fourth-order valence-corrected chi connectivity index (χ4v) is 3.65. The van der Waals surface area contributed by atoms with Crippen molar-refractivity contribution in [2.75, 3.05) is 19.6 Å². The van der Waals surface area contributed by atoms with Gasteiger partial charge in [-0.2, -0.15) is 5.10 Å². The third-order valence-corrected chi connectivity index (χ3v) is 4.95. The Morgan fingerprint density at radius 1 is 1.42 bits per heavy atom. The Labute approximate surface area is 113 Å². The molecule has 1 aromatic heterocycles. The van der Waals surface area contributed by atoms with Crippen LogP contribution >= 0.6 is 0 Å². The monoisotopic (exact) mass is 284 g/mol. The van der Waals surface area contributed by atoms with Gasteiger partial charge in [0, 0.05) is 13.1 Å². The maximum absolute atomic E-state index is 12.2. The summed E-state index contributed by atoms with van der Waals surface area (Å²) in [6, 6.07) is 0. The van der Waals surface area contributed by atoms with Crippen LogP contribution in [0.4, 0.5) is 0 Å². The Morgan fingerprint density at radius 3 is 2.79 bits per heavy atom. The largest absolute Gasteiger partial charge is 0.313 e. The first-order chi connectivity index (χ1) is 9.00. The van der Waals surface area contributed by atoms with E-state index >= 15 is 0 Å². The second-order valence-corrected chi connectivity index (χ2v) is 6.43. The van der Waals surface area contributed by atoms with Crippen molar-refractivity contribution in [1.29, 1.82) is 0 Å². The second kappa shape index (κ2) is 5.85. The highest BCUT2D eigenvalue weighted by atomic mass is 32.2. The standard InChI is InChI=1S/C12H20N4O2S/c1-9-12(10(2)16-15-9)19(17,18)14-8-5-11-3-6-13-7-4-11/h3,13-14H,4-8H2,1-2H3,(H,15,16). The van der Waals surface area contributed by atoms with Crippen LogP contribution in [-0.2, 0) is 10.0 Å². The number of H-pyrrole nitrogens is 1. The maximum Gasteiger partial charge on any atom is 0.244 e. The molecule has 0 saturated heterocycles. The molecule has 0 atom stereocenters. The SMILES string of the molecule is Cc1n[nH]c(C)c1S(=O)(=O)NCCC1=CCNCC1. The lowest BCUT2D eigenvalue weighted by atomic mass is 10.1. The molecule has 106 valence electrons. The van der Waals surface area contributed by atoms with Crippen LogP contribution in [-0.4, -0.2) is 38.2 Å². The Hall–Kier alpha value is -1.18. The molecule has 2 rings (SSSR count). The van der Waals surface area contributed by atoms with E-state index in [4.69, 9.17) is 0 Å². The van der Waals surface area contributed by atoms with Crippen LogP contribution in [0.25, 0.3) is 0 Å². The van der Waals surface area contributed by atoms with Gasteiger partial charge < -0.3 is 5.32 Å². The number of rotatable bonds is 5. The van der Waals surface area contributed by atoms with Gasteiger partial charge in [0.05, 0.1) is 11.4 Å². The molecule has 1 aliphatic rings. The van der Waals surface area contributed by atoms with Crippen LogP contribution in [0.5, 0.6) is 0 Å². The van der Waals surface area contributed by atoms with E-state index in [2.05, 4.69) is 26.3 Å². The van der Waals surface area contributed by atoms with Crippen molar-refractivity contribution >= 4 is 10.0 Å². The van der Waals surface area contributed by atoms with E-state index in [1.54, 1.807) is 13.8 Å². The Bertz CT molecular complexity index is 555. The quantitative estimate of drug-likeness (QED) is 0.692. The summed E-state index contributed by atoms with van der Waals surface area (Å²) in [5, 5.41) is 9.84. The van der Waals surface area contributed by atoms with Gasteiger partial charge in [-0.3, -0.25) is 5.10 Å². The van der Waals surface area contributed by atoms with Crippen molar-refractivity contribution in [1.82, 2.24) is 20.2 Å². The lowest BCUT2D eigenvalue weighted by molar-refractivity contribution is 0.578. The molecule has 0 spiro atoms. The Morgan fingerprint density at radius 2 is 2.21 bits per heavy atom. The normalized spacial score (nSPS) is 16.4. The fraction of sp³-hybridized carbons (Fsp3) is 0.583. The van der Waals surface area contributed by atoms with E-state index < -0.39 is 10.0 Å². The van der Waals surface area contributed by atoms with Gasteiger partial charge in [-0.05, 0) is 33.2 Å². The number of hydrogen-bond acceptors (Lipinski definition) is 4. The summed E-state index contributed by atoms with van der Waals surface area (Å²) < 4.78 is 27.0. The van der Waals surface area contributed by atoms with E-state index in [9.17, 15) is 8.42 Å². The highest BCUT2D eigenvalue weighted by Crippen LogP contribution is 2.16. The molecule has 0 bridgehead atoms. The van der Waals surface area contributed by atoms with Gasteiger partial charge in [0.1, 0.15) is 4.90 Å². The van der Waals surface area contributed by atoms with Crippen molar-refractivity contribution in [3.8, 4) is 0 Å². The van der Waals surface area contributed by atoms with Crippen LogP contribution in [0.1, 0.15) is 24.2 Å². The lowest BCUT2D eigenvalue weighted by Crippen LogP contribution is -2.27. The number of aromatic nitrogens is 2. The first kappa shape index (κ1) is 14.2. The number of hydrogen-bond donors (Lipinski definition) is 3. The molecule has 7 heteroatoms. The lowest BCUT2D eigenvalue weighted by Gasteiger charge is -2.14. The molecular weight excluding hydrogens is 264 g/mol. The molecule has 6 nitrogen and oxygen atoms in total. The summed E-state index contributed by atoms with van der Waals surface area (Å²) in [5.41, 5.74) is 2.39. The van der Waals surface area contributed by atoms with Gasteiger partial charge in [0.2, 0.25) is 10.0 Å². The second-order valence-electron chi connectivity index (χ2n) is 4.73. The fourth-order valence-electron chi connectivity index (χ4n) is 2.25. The van der Waals surface area contributed by atoms with Crippen molar-refractivity contribution in [2.24, 2.45) is 0 Å². The Kier molecular flexibility index (Phi) is 4.38. The molecule has 0 saturated carbocycles. The third kappa shape index (κ3) is 3.43. The van der Waals surface area contributed by atoms with E-state index in [-0.39, 0.29) is 4.90 Å². The third-order valence-electron chi connectivity index (χ3n) is 3.23. The number of aromatic amines is 1. The van der Waals surface area contributed by atoms with Crippen molar-refractivity contribution in [3.63, 3.8) is 0 Å². The minimum Gasteiger partial charge on any atom is -0.313 e. The molecular formula is C12H20N4O2S. The molecule has 0 fully saturated rings. The number of nitrogens with one attached hydrogen (secondary N) is 3. The smallest absolute Gasteiger partial charge is 0.244 e. The first-order valence-corrected chi connectivity index (χ1v) is 7.89. The van der Waals surface area contributed by atoms with Crippen LogP contribution in [0.15, 0.2) is 16.5 Å². The van der Waals surface area contributed by atoms with Crippen LogP contribution in [0.3, 0.4) is 0 Å². The summed E-state index contributed by atoms with van der Waals surface area (Å²) in [6.07, 6.45) is 3.88. The summed E-state index contributed by atoms with van der Waals surface area (Å²) in [7, 11) is -3.47. The predicted molar refractivity (Wildman–Crippen MR) is 73.4 cm³/mol. The maximum atomic E-state index is 12.2. The average molecular weight is 284 g/mol. The predicted octanol–water partition coefficient (Wildman–Crippen LogP) is 0.615. The van der Waals surface area contributed by atoms with Gasteiger partial charge in [0.15, 0.2) is 0 Å². The van der Waals surface area contributed by atoms with Crippen LogP contribution in [0.2, 0.25) is 0 Å². The van der Waals surface area contributed by atoms with E-state index in [0.717, 1.165) is 25.9 Å². The molecule has 3 N–H and O–H groups in total. The minimum absolute atomic E-state index is 0.270. The van der Waals surface area contributed by atoms with Gasteiger partial charge >= 0.3 is 0 Å². The van der Waals surface area contributed by atoms with Crippen molar-refractivity contribution < 1.29 is 8.42 Å². The first-order valence-electron chi connectivity index (χ1n) is 6.40. The van der Waals surface area contributed by atoms with Gasteiger partial charge in [-0.1, -0.05) is 11.6 Å². The van der Waals surface area contributed by atoms with Crippen molar-refractivity contribution in [2.45, 2.75) is 31.6 Å². The molecule has 0 aliphatic carbocycles. The molecule has 0 unspecified atom stereocenters. The van der Waals surface area contributed by atoms with E-state index in [1.165, 1.54) is 5.57 Å². The van der Waals surface area contributed by atoms with Gasteiger partial charge in [-0.25, -0.2) is 13.1 Å². The summed E-state index contributed by atoms with van der Waals surface area (Å²) in [5.74, 6) is 0. The molecule has 0 aromatic carbocycles. The van der Waals surface area contributed by atoms with Gasteiger partial charge in [-0.15, -0.1) is 0 Å². The molecule has 0 radical (unpaired) electrons. The van der Waals surface area contributed by atoms with Gasteiger partial charge in [0.25, 0.3) is 0 Å². The number of nitrogens with zero attached hydrogens (tertiary/aromatic N) is 1. The van der Waals surface area contributed by atoms with E-state index in [1.807, 2.05) is 0 Å². The molecule has 0 amide bonds. The summed E-state index contributed by atoms with van der Waals surface area (Å²) >= 11 is 0. The van der Waals surface area contributed by atoms with Crippen LogP contribution < -0.4 is 10.0 Å².